The molecule has 0 spiro atoms. The van der Waals surface area contributed by atoms with Crippen LogP contribution in [0.25, 0.3) is 0 Å². The fourth-order valence-electron chi connectivity index (χ4n) is 6.66. The van der Waals surface area contributed by atoms with E-state index in [1.54, 1.807) is 7.11 Å². The van der Waals surface area contributed by atoms with E-state index in [1.165, 1.54) is 0 Å². The summed E-state index contributed by atoms with van der Waals surface area (Å²) in [6, 6.07) is 3.28. The number of carbonyl (C=O) groups excluding carboxylic acids is 2. The fourth-order valence-corrected chi connectivity index (χ4v) is 6.66. The first-order valence-electron chi connectivity index (χ1n) is 15.8. The Bertz CT molecular complexity index is 1140. The molecular formula is C32H51N4O7+. The fraction of sp³-hybridized carbons (Fsp3) is 0.719. The van der Waals surface area contributed by atoms with Crippen molar-refractivity contribution in [2.45, 2.75) is 63.8 Å². The summed E-state index contributed by atoms with van der Waals surface area (Å²) in [7, 11) is 8.08. The molecule has 0 radical (unpaired) electrons. The van der Waals surface area contributed by atoms with E-state index in [-0.39, 0.29) is 31.1 Å². The standard InChI is InChI=1S/C32H50N4O7/c1-6-7-13-33(14-8-9-17-36(2,3)4)29(38)21-35-20-24(23-18-26(41-5)31-27(19-23)42-22-43-31)30(32(39)40)25(35)12-16-34-15-10-11-28(34)37/h18-19,24-25,30H,6-17,20-22H2,1-5H3/p+1/t24-,25-,30+/m1/s1. The molecule has 0 aromatic heterocycles. The number of aliphatic carboxylic acids is 1. The Balaban J connectivity index is 1.57. The summed E-state index contributed by atoms with van der Waals surface area (Å²) in [6.07, 6.45) is 5.75. The van der Waals surface area contributed by atoms with Crippen molar-refractivity contribution in [3.05, 3.63) is 17.7 Å². The van der Waals surface area contributed by atoms with Gasteiger partial charge in [-0.1, -0.05) is 13.3 Å². The molecule has 3 aliphatic rings. The Labute approximate surface area is 256 Å². The van der Waals surface area contributed by atoms with Crippen molar-refractivity contribution < 1.29 is 38.2 Å². The normalized spacial score (nSPS) is 21.9. The molecule has 0 unspecified atom stereocenters. The van der Waals surface area contributed by atoms with Gasteiger partial charge < -0.3 is 33.6 Å². The molecule has 43 heavy (non-hydrogen) atoms. The lowest BCUT2D eigenvalue weighted by molar-refractivity contribution is -0.870. The van der Waals surface area contributed by atoms with Crippen LogP contribution in [-0.2, 0) is 14.4 Å². The van der Waals surface area contributed by atoms with Gasteiger partial charge in [-0.25, -0.2) is 0 Å². The van der Waals surface area contributed by atoms with Gasteiger partial charge in [0, 0.05) is 51.1 Å². The van der Waals surface area contributed by atoms with E-state index in [4.69, 9.17) is 14.2 Å². The molecule has 0 bridgehead atoms. The Kier molecular flexibility index (Phi) is 11.2. The van der Waals surface area contributed by atoms with Gasteiger partial charge in [-0.3, -0.25) is 19.3 Å². The molecule has 2 saturated heterocycles. The molecular weight excluding hydrogens is 552 g/mol. The first-order chi connectivity index (χ1) is 20.5. The highest BCUT2D eigenvalue weighted by Crippen LogP contribution is 2.47. The van der Waals surface area contributed by atoms with Gasteiger partial charge in [0.25, 0.3) is 0 Å². The smallest absolute Gasteiger partial charge is 0.308 e. The molecule has 2 amide bonds. The summed E-state index contributed by atoms with van der Waals surface area (Å²) in [6.45, 7) is 6.39. The minimum atomic E-state index is -0.905. The minimum Gasteiger partial charge on any atom is -0.493 e. The van der Waals surface area contributed by atoms with Crippen LogP contribution in [0, 0.1) is 5.92 Å². The number of methoxy groups -OCH3 is 1. The van der Waals surface area contributed by atoms with Gasteiger partial charge in [0.05, 0.1) is 47.3 Å². The monoisotopic (exact) mass is 603 g/mol. The van der Waals surface area contributed by atoms with Crippen LogP contribution < -0.4 is 14.2 Å². The van der Waals surface area contributed by atoms with Gasteiger partial charge in [0.2, 0.25) is 24.4 Å². The molecule has 0 saturated carbocycles. The highest BCUT2D eigenvalue weighted by Gasteiger charge is 2.48. The number of carboxylic acids is 1. The number of fused-ring (bicyclic) bond motifs is 1. The molecule has 3 heterocycles. The number of amides is 2. The molecule has 11 nitrogen and oxygen atoms in total. The van der Waals surface area contributed by atoms with Gasteiger partial charge in [-0.15, -0.1) is 0 Å². The van der Waals surface area contributed by atoms with Crippen LogP contribution in [0.4, 0.5) is 0 Å². The maximum Gasteiger partial charge on any atom is 0.308 e. The van der Waals surface area contributed by atoms with Gasteiger partial charge >= 0.3 is 5.97 Å². The quantitative estimate of drug-likeness (QED) is 0.227. The van der Waals surface area contributed by atoms with Gasteiger partial charge in [-0.05, 0) is 49.8 Å². The predicted octanol–water partition coefficient (Wildman–Crippen LogP) is 3.02. The van der Waals surface area contributed by atoms with E-state index < -0.39 is 17.9 Å². The zero-order valence-electron chi connectivity index (χ0n) is 26.7. The number of quaternary nitrogens is 1. The van der Waals surface area contributed by atoms with E-state index in [2.05, 4.69) is 28.1 Å². The van der Waals surface area contributed by atoms with Crippen LogP contribution in [0.5, 0.6) is 17.2 Å². The first-order valence-corrected chi connectivity index (χ1v) is 15.8. The number of carbonyl (C=O) groups is 3. The maximum absolute atomic E-state index is 13.8. The average Bonchev–Trinajstić information content (AvgIpc) is 3.68. The van der Waals surface area contributed by atoms with Crippen LogP contribution in [0.15, 0.2) is 12.1 Å². The minimum absolute atomic E-state index is 0.0361. The third-order valence-corrected chi connectivity index (χ3v) is 8.99. The zero-order valence-corrected chi connectivity index (χ0v) is 26.7. The number of unbranched alkanes of at least 4 members (excludes halogenated alkanes) is 2. The summed E-state index contributed by atoms with van der Waals surface area (Å²) in [5, 5.41) is 10.6. The molecule has 3 aliphatic heterocycles. The molecule has 2 fully saturated rings. The first kappa shape index (κ1) is 32.9. The van der Waals surface area contributed by atoms with Crippen molar-refractivity contribution in [3.63, 3.8) is 0 Å². The number of carboxylic acid groups (broad SMARTS) is 1. The number of nitrogens with zero attached hydrogens (tertiary/aromatic N) is 4. The lowest BCUT2D eigenvalue weighted by Gasteiger charge is -2.31. The van der Waals surface area contributed by atoms with Crippen LogP contribution in [0.2, 0.25) is 0 Å². The SMILES string of the molecule is CCCCN(CCCC[N+](C)(C)C)C(=O)CN1C[C@H](c2cc(OC)c3c(c2)OCO3)[C@H](C(=O)O)[C@H]1CCN1CCCC1=O. The summed E-state index contributed by atoms with van der Waals surface area (Å²) in [4.78, 5) is 45.0. The molecule has 1 aromatic rings. The average molecular weight is 604 g/mol. The Morgan fingerprint density at radius 2 is 1.91 bits per heavy atom. The van der Waals surface area contributed by atoms with Crippen molar-refractivity contribution in [2.75, 3.05) is 80.9 Å². The van der Waals surface area contributed by atoms with Crippen molar-refractivity contribution in [3.8, 4) is 17.2 Å². The third kappa shape index (κ3) is 8.32. The highest BCUT2D eigenvalue weighted by molar-refractivity contribution is 5.79. The lowest BCUT2D eigenvalue weighted by Crippen LogP contribution is -2.46. The maximum atomic E-state index is 13.8. The number of hydrogen-bond acceptors (Lipinski definition) is 7. The summed E-state index contributed by atoms with van der Waals surface area (Å²) < 4.78 is 17.7. The van der Waals surface area contributed by atoms with Crippen LogP contribution in [0.3, 0.4) is 0 Å². The summed E-state index contributed by atoms with van der Waals surface area (Å²) in [5.41, 5.74) is 0.786. The molecule has 4 rings (SSSR count). The second-order valence-corrected chi connectivity index (χ2v) is 13.2. The van der Waals surface area contributed by atoms with E-state index in [9.17, 15) is 19.5 Å². The topological polar surface area (TPSA) is 109 Å². The van der Waals surface area contributed by atoms with Gasteiger partial charge in [0.1, 0.15) is 0 Å². The van der Waals surface area contributed by atoms with Crippen molar-refractivity contribution in [1.29, 1.82) is 0 Å². The third-order valence-electron chi connectivity index (χ3n) is 8.99. The number of likely N-dealkylation sites (tertiary alicyclic amines) is 2. The van der Waals surface area contributed by atoms with E-state index in [0.29, 0.717) is 62.8 Å². The number of ether oxygens (including phenoxy) is 3. The van der Waals surface area contributed by atoms with E-state index in [0.717, 1.165) is 48.7 Å². The van der Waals surface area contributed by atoms with Crippen molar-refractivity contribution in [2.24, 2.45) is 5.92 Å². The molecule has 240 valence electrons. The van der Waals surface area contributed by atoms with Gasteiger partial charge in [-0.2, -0.15) is 0 Å². The Morgan fingerprint density at radius 1 is 1.14 bits per heavy atom. The van der Waals surface area contributed by atoms with Crippen LogP contribution >= 0.6 is 0 Å². The van der Waals surface area contributed by atoms with E-state index in [1.807, 2.05) is 26.8 Å². The van der Waals surface area contributed by atoms with Crippen LogP contribution in [0.1, 0.15) is 63.4 Å². The number of rotatable bonds is 16. The Morgan fingerprint density at radius 3 is 2.56 bits per heavy atom. The summed E-state index contributed by atoms with van der Waals surface area (Å²) >= 11 is 0. The highest BCUT2D eigenvalue weighted by atomic mass is 16.7. The zero-order chi connectivity index (χ0) is 31.1. The molecule has 0 aliphatic carbocycles. The second kappa shape index (κ2) is 14.6. The van der Waals surface area contributed by atoms with Crippen molar-refractivity contribution >= 4 is 17.8 Å². The molecule has 1 N–H and O–H groups in total. The lowest BCUT2D eigenvalue weighted by atomic mass is 9.84. The van der Waals surface area contributed by atoms with E-state index >= 15 is 0 Å². The molecule has 3 atom stereocenters. The van der Waals surface area contributed by atoms with Crippen molar-refractivity contribution in [1.82, 2.24) is 14.7 Å². The number of hydrogen-bond donors (Lipinski definition) is 1. The van der Waals surface area contributed by atoms with Gasteiger partial charge in [0.15, 0.2) is 11.5 Å². The Hall–Kier alpha value is -3.05. The largest absolute Gasteiger partial charge is 0.493 e. The predicted molar refractivity (Wildman–Crippen MR) is 162 cm³/mol. The molecule has 1 aromatic carbocycles. The summed E-state index contributed by atoms with van der Waals surface area (Å²) in [5.74, 6) is -0.347. The number of benzene rings is 1. The van der Waals surface area contributed by atoms with Crippen LogP contribution in [-0.4, -0.2) is 129 Å². The molecule has 11 heteroatoms. The second-order valence-electron chi connectivity index (χ2n) is 13.2.